The molecule has 0 aliphatic carbocycles. The summed E-state index contributed by atoms with van der Waals surface area (Å²) in [7, 11) is 0. The van der Waals surface area contributed by atoms with Crippen LogP contribution in [0.25, 0.3) is 6.08 Å². The van der Waals surface area contributed by atoms with E-state index in [4.69, 9.17) is 0 Å². The summed E-state index contributed by atoms with van der Waals surface area (Å²) in [6.45, 7) is 12.1. The molecule has 13 heavy (non-hydrogen) atoms. The molecule has 1 aromatic carbocycles. The molecule has 0 heteroatoms. The molecule has 0 nitrogen and oxygen atoms in total. The van der Waals surface area contributed by atoms with E-state index in [0.29, 0.717) is 5.92 Å². The van der Waals surface area contributed by atoms with Crippen molar-refractivity contribution in [2.75, 3.05) is 0 Å². The Morgan fingerprint density at radius 2 is 1.54 bits per heavy atom. The van der Waals surface area contributed by atoms with E-state index in [1.54, 1.807) is 0 Å². The molecule has 0 aliphatic heterocycles. The number of hydrogen-bond acceptors (Lipinski definition) is 0. The first kappa shape index (κ1) is 12.0. The zero-order valence-electron chi connectivity index (χ0n) is 9.17. The molecule has 0 fully saturated rings. The Morgan fingerprint density at radius 1 is 1.08 bits per heavy atom. The maximum absolute atomic E-state index is 3.71. The third-order valence-corrected chi connectivity index (χ3v) is 1.84. The van der Waals surface area contributed by atoms with Crippen LogP contribution in [0.5, 0.6) is 0 Å². The van der Waals surface area contributed by atoms with Crippen LogP contribution in [0.2, 0.25) is 0 Å². The Morgan fingerprint density at radius 3 is 1.85 bits per heavy atom. The van der Waals surface area contributed by atoms with Gasteiger partial charge in [0.25, 0.3) is 0 Å². The van der Waals surface area contributed by atoms with E-state index < -0.39 is 0 Å². The van der Waals surface area contributed by atoms with E-state index in [2.05, 4.69) is 44.7 Å². The van der Waals surface area contributed by atoms with E-state index in [9.17, 15) is 0 Å². The summed E-state index contributed by atoms with van der Waals surface area (Å²) in [6.07, 6.45) is 1.87. The molecule has 0 spiro atoms. The van der Waals surface area contributed by atoms with Crippen molar-refractivity contribution in [2.24, 2.45) is 0 Å². The van der Waals surface area contributed by atoms with Crippen LogP contribution in [0.4, 0.5) is 0 Å². The molecule has 0 aliphatic rings. The largest absolute Gasteiger partial charge is 0.0985 e. The summed E-state index contributed by atoms with van der Waals surface area (Å²) in [6, 6.07) is 8.51. The van der Waals surface area contributed by atoms with Crippen molar-refractivity contribution in [3.05, 3.63) is 42.0 Å². The third kappa shape index (κ3) is 3.93. The molecule has 0 aromatic heterocycles. The van der Waals surface area contributed by atoms with Gasteiger partial charge in [-0.25, -0.2) is 0 Å². The van der Waals surface area contributed by atoms with E-state index in [-0.39, 0.29) is 0 Å². The number of benzene rings is 1. The lowest BCUT2D eigenvalue weighted by molar-refractivity contribution is 0.866. The van der Waals surface area contributed by atoms with Crippen LogP contribution in [-0.2, 0) is 0 Å². The lowest BCUT2D eigenvalue weighted by Gasteiger charge is -2.04. The average Bonchev–Trinajstić information content (AvgIpc) is 2.21. The van der Waals surface area contributed by atoms with E-state index in [1.165, 1.54) is 11.1 Å². The SMILES string of the molecule is C=Cc1ccc(C(C)C)cc1.CC. The summed E-state index contributed by atoms with van der Waals surface area (Å²) in [5.41, 5.74) is 2.57. The van der Waals surface area contributed by atoms with Crippen LogP contribution >= 0.6 is 0 Å². The van der Waals surface area contributed by atoms with Gasteiger partial charge in [0.05, 0.1) is 0 Å². The molecular formula is C13H20. The maximum atomic E-state index is 3.71. The van der Waals surface area contributed by atoms with Gasteiger partial charge >= 0.3 is 0 Å². The molecular weight excluding hydrogens is 156 g/mol. The van der Waals surface area contributed by atoms with Gasteiger partial charge in [0.2, 0.25) is 0 Å². The monoisotopic (exact) mass is 176 g/mol. The molecule has 1 aromatic rings. The highest BCUT2D eigenvalue weighted by molar-refractivity contribution is 5.47. The molecule has 0 saturated heterocycles. The second kappa shape index (κ2) is 6.47. The first-order chi connectivity index (χ1) is 6.24. The van der Waals surface area contributed by atoms with Gasteiger partial charge in [-0.05, 0) is 17.0 Å². The Hall–Kier alpha value is -1.04. The molecule has 0 N–H and O–H groups in total. The van der Waals surface area contributed by atoms with Crippen molar-refractivity contribution in [3.63, 3.8) is 0 Å². The quantitative estimate of drug-likeness (QED) is 0.623. The minimum atomic E-state index is 0.619. The van der Waals surface area contributed by atoms with E-state index >= 15 is 0 Å². The predicted molar refractivity (Wildman–Crippen MR) is 62.0 cm³/mol. The molecule has 72 valence electrons. The van der Waals surface area contributed by atoms with Gasteiger partial charge in [-0.3, -0.25) is 0 Å². The fourth-order valence-electron chi connectivity index (χ4n) is 1.02. The Labute approximate surface area is 82.3 Å². The maximum Gasteiger partial charge on any atom is -0.0219 e. The van der Waals surface area contributed by atoms with Crippen molar-refractivity contribution in [1.29, 1.82) is 0 Å². The van der Waals surface area contributed by atoms with Gasteiger partial charge in [0, 0.05) is 0 Å². The van der Waals surface area contributed by atoms with Gasteiger partial charge in [-0.1, -0.05) is 64.6 Å². The van der Waals surface area contributed by atoms with E-state index in [0.717, 1.165) is 0 Å². The summed E-state index contributed by atoms with van der Waals surface area (Å²) < 4.78 is 0. The Bertz CT molecular complexity index is 229. The summed E-state index contributed by atoms with van der Waals surface area (Å²) in [5, 5.41) is 0. The van der Waals surface area contributed by atoms with Gasteiger partial charge < -0.3 is 0 Å². The average molecular weight is 176 g/mol. The van der Waals surface area contributed by atoms with Crippen LogP contribution in [0.15, 0.2) is 30.8 Å². The molecule has 0 amide bonds. The highest BCUT2D eigenvalue weighted by Crippen LogP contribution is 2.14. The van der Waals surface area contributed by atoms with Crippen LogP contribution in [0, 0.1) is 0 Å². The van der Waals surface area contributed by atoms with Gasteiger partial charge in [-0.2, -0.15) is 0 Å². The summed E-state index contributed by atoms with van der Waals surface area (Å²) >= 11 is 0. The minimum absolute atomic E-state index is 0.619. The normalized spacial score (nSPS) is 9.00. The summed E-state index contributed by atoms with van der Waals surface area (Å²) in [4.78, 5) is 0. The van der Waals surface area contributed by atoms with Gasteiger partial charge in [0.15, 0.2) is 0 Å². The fourth-order valence-corrected chi connectivity index (χ4v) is 1.02. The standard InChI is InChI=1S/C11H14.C2H6/c1-4-10-5-7-11(8-6-10)9(2)3;1-2/h4-9H,1H2,2-3H3;1-2H3. The van der Waals surface area contributed by atoms with Gasteiger partial charge in [0.1, 0.15) is 0 Å². The first-order valence-electron chi connectivity index (χ1n) is 4.96. The van der Waals surface area contributed by atoms with Crippen molar-refractivity contribution < 1.29 is 0 Å². The molecule has 1 rings (SSSR count). The molecule has 0 saturated carbocycles. The lowest BCUT2D eigenvalue weighted by atomic mass is 10.0. The van der Waals surface area contributed by atoms with Crippen molar-refractivity contribution in [2.45, 2.75) is 33.6 Å². The number of rotatable bonds is 2. The van der Waals surface area contributed by atoms with Crippen LogP contribution < -0.4 is 0 Å². The highest BCUT2D eigenvalue weighted by Gasteiger charge is 1.95. The molecule has 0 atom stereocenters. The Kier molecular flexibility index (Phi) is 5.96. The molecule has 0 bridgehead atoms. The topological polar surface area (TPSA) is 0 Å². The second-order valence-corrected chi connectivity index (χ2v) is 3.03. The Balaban J connectivity index is 0.000000671. The van der Waals surface area contributed by atoms with Crippen molar-refractivity contribution >= 4 is 6.08 Å². The second-order valence-electron chi connectivity index (χ2n) is 3.03. The number of hydrogen-bond donors (Lipinski definition) is 0. The molecule has 0 unspecified atom stereocenters. The van der Waals surface area contributed by atoms with Crippen molar-refractivity contribution in [1.82, 2.24) is 0 Å². The zero-order valence-corrected chi connectivity index (χ0v) is 9.17. The molecule has 0 heterocycles. The van der Waals surface area contributed by atoms with Crippen LogP contribution in [-0.4, -0.2) is 0 Å². The predicted octanol–water partition coefficient (Wildman–Crippen LogP) is 4.48. The first-order valence-corrected chi connectivity index (χ1v) is 4.96. The van der Waals surface area contributed by atoms with Crippen LogP contribution in [0.1, 0.15) is 44.7 Å². The summed E-state index contributed by atoms with van der Waals surface area (Å²) in [5.74, 6) is 0.619. The zero-order chi connectivity index (χ0) is 10.3. The minimum Gasteiger partial charge on any atom is -0.0985 e. The lowest BCUT2D eigenvalue weighted by Crippen LogP contribution is -1.85. The van der Waals surface area contributed by atoms with Gasteiger partial charge in [-0.15, -0.1) is 0 Å². The smallest absolute Gasteiger partial charge is 0.0219 e. The molecule has 0 radical (unpaired) electrons. The van der Waals surface area contributed by atoms with Crippen LogP contribution in [0.3, 0.4) is 0 Å². The fraction of sp³-hybridized carbons (Fsp3) is 0.385. The highest BCUT2D eigenvalue weighted by atomic mass is 14.0. The van der Waals surface area contributed by atoms with Crippen molar-refractivity contribution in [3.8, 4) is 0 Å². The van der Waals surface area contributed by atoms with E-state index in [1.807, 2.05) is 19.9 Å². The third-order valence-electron chi connectivity index (χ3n) is 1.84.